The topological polar surface area (TPSA) is 91.7 Å². The van der Waals surface area contributed by atoms with E-state index in [9.17, 15) is 17.8 Å². The van der Waals surface area contributed by atoms with Crippen molar-refractivity contribution >= 4 is 72.4 Å². The highest BCUT2D eigenvalue weighted by Crippen LogP contribution is 2.49. The number of ether oxygens (including phenoxy) is 1. The normalized spacial score (nSPS) is 13.5. The molecule has 1 atom stereocenters. The van der Waals surface area contributed by atoms with Crippen LogP contribution in [-0.4, -0.2) is 32.1 Å². The van der Waals surface area contributed by atoms with E-state index >= 15 is 0 Å². The van der Waals surface area contributed by atoms with Crippen molar-refractivity contribution in [1.29, 1.82) is 0 Å². The summed E-state index contributed by atoms with van der Waals surface area (Å²) in [6, 6.07) is 15.8. The Morgan fingerprint density at radius 1 is 1.03 bits per heavy atom. The summed E-state index contributed by atoms with van der Waals surface area (Å²) < 4.78 is 55.3. The van der Waals surface area contributed by atoms with Crippen LogP contribution in [0.2, 0.25) is 5.02 Å². The standard InChI is InChI=1S/C26H24BrClNO6PS/c1-5-35-26(30)24-25(36(31,34-4)20-13-17(3)12-18(27)14-20)22-15-19(28)8-11-23(22)29(24)37(32,33)21-9-6-16(2)7-10-21/h6-15H,5H2,1-4H3. The lowest BCUT2D eigenvalue weighted by Gasteiger charge is -2.19. The fourth-order valence-electron chi connectivity index (χ4n) is 4.17. The molecule has 4 rings (SSSR count). The number of carbonyl (C=O) groups is 1. The molecule has 0 aliphatic carbocycles. The van der Waals surface area contributed by atoms with Crippen LogP contribution in [0.4, 0.5) is 0 Å². The minimum atomic E-state index is -4.35. The number of aromatic nitrogens is 1. The zero-order chi connectivity index (χ0) is 27.1. The number of nitrogens with zero attached hydrogens (tertiary/aromatic N) is 1. The lowest BCUT2D eigenvalue weighted by atomic mass is 10.2. The van der Waals surface area contributed by atoms with Crippen LogP contribution in [-0.2, 0) is 23.8 Å². The van der Waals surface area contributed by atoms with Gasteiger partial charge < -0.3 is 9.26 Å². The van der Waals surface area contributed by atoms with Crippen molar-refractivity contribution in [3.8, 4) is 0 Å². The molecule has 0 spiro atoms. The third-order valence-electron chi connectivity index (χ3n) is 5.81. The summed E-state index contributed by atoms with van der Waals surface area (Å²) in [5, 5.41) is 0.648. The summed E-state index contributed by atoms with van der Waals surface area (Å²) in [7, 11) is -7.15. The highest BCUT2D eigenvalue weighted by molar-refractivity contribution is 9.10. The SMILES string of the molecule is CCOC(=O)c1c(P(=O)(OC)c2cc(C)cc(Br)c2)c2cc(Cl)ccc2n1S(=O)(=O)c1ccc(C)cc1. The maximum absolute atomic E-state index is 14.8. The molecule has 4 aromatic rings. The van der Waals surface area contributed by atoms with E-state index in [-0.39, 0.29) is 38.0 Å². The average molecular weight is 625 g/mol. The van der Waals surface area contributed by atoms with Gasteiger partial charge in [0.05, 0.1) is 22.3 Å². The number of hydrogen-bond acceptors (Lipinski definition) is 6. The quantitative estimate of drug-likeness (QED) is 0.186. The van der Waals surface area contributed by atoms with Gasteiger partial charge in [0.2, 0.25) is 0 Å². The largest absolute Gasteiger partial charge is 0.461 e. The van der Waals surface area contributed by atoms with Gasteiger partial charge in [-0.05, 0) is 74.9 Å². The molecule has 0 radical (unpaired) electrons. The molecule has 0 amide bonds. The summed E-state index contributed by atoms with van der Waals surface area (Å²) >= 11 is 9.74. The molecule has 0 aliphatic heterocycles. The zero-order valence-corrected chi connectivity index (χ0v) is 24.5. The molecule has 0 aliphatic rings. The van der Waals surface area contributed by atoms with Gasteiger partial charge >= 0.3 is 5.97 Å². The Morgan fingerprint density at radius 3 is 2.30 bits per heavy atom. The molecule has 7 nitrogen and oxygen atoms in total. The summed E-state index contributed by atoms with van der Waals surface area (Å²) in [5.74, 6) is -0.954. The third-order valence-corrected chi connectivity index (χ3v) is 10.7. The average Bonchev–Trinajstić information content (AvgIpc) is 3.19. The molecular weight excluding hydrogens is 601 g/mol. The second-order valence-electron chi connectivity index (χ2n) is 8.38. The lowest BCUT2D eigenvalue weighted by Crippen LogP contribution is -2.28. The third kappa shape index (κ3) is 4.91. The first-order valence-corrected chi connectivity index (χ1v) is 15.4. The van der Waals surface area contributed by atoms with Crippen LogP contribution in [0.3, 0.4) is 0 Å². The van der Waals surface area contributed by atoms with Crippen LogP contribution in [0.15, 0.2) is 70.0 Å². The van der Waals surface area contributed by atoms with E-state index in [1.165, 1.54) is 37.4 Å². The van der Waals surface area contributed by atoms with Gasteiger partial charge in [0, 0.05) is 27.3 Å². The Morgan fingerprint density at radius 2 is 1.70 bits per heavy atom. The van der Waals surface area contributed by atoms with Gasteiger partial charge in [-0.15, -0.1) is 0 Å². The molecule has 0 bridgehead atoms. The molecule has 1 unspecified atom stereocenters. The predicted octanol–water partition coefficient (Wildman–Crippen LogP) is 5.96. The molecule has 11 heteroatoms. The molecule has 3 aromatic carbocycles. The molecule has 1 aromatic heterocycles. The van der Waals surface area contributed by atoms with Crippen molar-refractivity contribution in [2.45, 2.75) is 25.7 Å². The molecule has 37 heavy (non-hydrogen) atoms. The van der Waals surface area contributed by atoms with Crippen LogP contribution >= 0.6 is 34.9 Å². The summed E-state index contributed by atoms with van der Waals surface area (Å²) in [5.41, 5.74) is 1.37. The minimum Gasteiger partial charge on any atom is -0.461 e. The number of esters is 1. The van der Waals surface area contributed by atoms with Crippen LogP contribution < -0.4 is 10.6 Å². The summed E-state index contributed by atoms with van der Waals surface area (Å²) in [4.78, 5) is 13.4. The van der Waals surface area contributed by atoms with Crippen LogP contribution in [0.25, 0.3) is 10.9 Å². The summed E-state index contributed by atoms with van der Waals surface area (Å²) in [6.07, 6.45) is 0. The Balaban J connectivity index is 2.21. The molecule has 0 saturated carbocycles. The number of benzene rings is 3. The van der Waals surface area contributed by atoms with Crippen LogP contribution in [0.5, 0.6) is 0 Å². The van der Waals surface area contributed by atoms with Crippen molar-refractivity contribution in [2.24, 2.45) is 0 Å². The molecule has 1 heterocycles. The zero-order valence-electron chi connectivity index (χ0n) is 20.5. The fraction of sp³-hybridized carbons (Fsp3) is 0.192. The summed E-state index contributed by atoms with van der Waals surface area (Å²) in [6.45, 7) is 5.23. The van der Waals surface area contributed by atoms with E-state index in [0.29, 0.717) is 4.47 Å². The maximum atomic E-state index is 14.8. The van der Waals surface area contributed by atoms with E-state index < -0.39 is 29.1 Å². The van der Waals surface area contributed by atoms with Gasteiger partial charge in [-0.25, -0.2) is 17.2 Å². The van der Waals surface area contributed by atoms with E-state index in [0.717, 1.165) is 15.1 Å². The van der Waals surface area contributed by atoms with Gasteiger partial charge in [-0.2, -0.15) is 0 Å². The Hall–Kier alpha value is -2.42. The second kappa shape index (κ2) is 10.4. The number of aryl methyl sites for hydroxylation is 2. The Bertz CT molecular complexity index is 1660. The lowest BCUT2D eigenvalue weighted by molar-refractivity contribution is 0.0520. The van der Waals surface area contributed by atoms with E-state index in [4.69, 9.17) is 20.9 Å². The van der Waals surface area contributed by atoms with Crippen molar-refractivity contribution in [3.63, 3.8) is 0 Å². The molecular formula is C26H24BrClNO6PS. The Kier molecular flexibility index (Phi) is 7.75. The molecule has 0 saturated heterocycles. The molecule has 0 N–H and O–H groups in total. The molecule has 194 valence electrons. The smallest absolute Gasteiger partial charge is 0.356 e. The number of fused-ring (bicyclic) bond motifs is 1. The fourth-order valence-corrected chi connectivity index (χ4v) is 9.01. The van der Waals surface area contributed by atoms with E-state index in [2.05, 4.69) is 15.9 Å². The molecule has 0 fully saturated rings. The van der Waals surface area contributed by atoms with Crippen molar-refractivity contribution in [1.82, 2.24) is 3.97 Å². The van der Waals surface area contributed by atoms with Crippen LogP contribution in [0.1, 0.15) is 28.5 Å². The Labute approximate surface area is 229 Å². The number of rotatable bonds is 7. The van der Waals surface area contributed by atoms with Gasteiger partial charge in [-0.3, -0.25) is 4.57 Å². The predicted molar refractivity (Wildman–Crippen MR) is 149 cm³/mol. The highest BCUT2D eigenvalue weighted by Gasteiger charge is 2.41. The minimum absolute atomic E-state index is 0.0294. The number of hydrogen-bond donors (Lipinski definition) is 0. The second-order valence-corrected chi connectivity index (χ2v) is 14.0. The van der Waals surface area contributed by atoms with Gasteiger partial charge in [-0.1, -0.05) is 45.2 Å². The highest BCUT2D eigenvalue weighted by atomic mass is 79.9. The first-order valence-electron chi connectivity index (χ1n) is 11.2. The monoisotopic (exact) mass is 623 g/mol. The number of carbonyl (C=O) groups excluding carboxylic acids is 1. The van der Waals surface area contributed by atoms with Gasteiger partial charge in [0.15, 0.2) is 5.69 Å². The van der Waals surface area contributed by atoms with Crippen molar-refractivity contribution in [2.75, 3.05) is 13.7 Å². The van der Waals surface area contributed by atoms with Crippen LogP contribution in [0, 0.1) is 13.8 Å². The van der Waals surface area contributed by atoms with Crippen molar-refractivity contribution < 1.29 is 27.0 Å². The maximum Gasteiger partial charge on any atom is 0.356 e. The first kappa shape index (κ1) is 27.6. The van der Waals surface area contributed by atoms with Gasteiger partial charge in [0.25, 0.3) is 17.4 Å². The van der Waals surface area contributed by atoms with E-state index in [1.807, 2.05) is 19.9 Å². The van der Waals surface area contributed by atoms with Crippen molar-refractivity contribution in [3.05, 3.63) is 87.0 Å². The van der Waals surface area contributed by atoms with Gasteiger partial charge in [0.1, 0.15) is 0 Å². The first-order chi connectivity index (χ1) is 17.4. The number of halogens is 2. The van der Waals surface area contributed by atoms with E-state index in [1.54, 1.807) is 31.2 Å².